The third-order valence-electron chi connectivity index (χ3n) is 3.18. The van der Waals surface area contributed by atoms with E-state index in [1.807, 2.05) is 24.3 Å². The van der Waals surface area contributed by atoms with Gasteiger partial charge in [0.2, 0.25) is 0 Å². The van der Waals surface area contributed by atoms with E-state index in [1.165, 1.54) is 5.06 Å². The Morgan fingerprint density at radius 2 is 2.10 bits per heavy atom. The van der Waals surface area contributed by atoms with Crippen LogP contribution in [0.2, 0.25) is 0 Å². The molecule has 0 bridgehead atoms. The number of rotatable bonds is 2. The van der Waals surface area contributed by atoms with Crippen LogP contribution in [0, 0.1) is 0 Å². The summed E-state index contributed by atoms with van der Waals surface area (Å²) in [6.07, 6.45) is 1.97. The Morgan fingerprint density at radius 1 is 1.30 bits per heavy atom. The number of aromatic nitrogens is 2. The van der Waals surface area contributed by atoms with Crippen LogP contribution < -0.4 is 0 Å². The highest BCUT2D eigenvalue weighted by Crippen LogP contribution is 2.21. The Labute approximate surface area is 125 Å². The zero-order valence-corrected chi connectivity index (χ0v) is 12.4. The van der Waals surface area contributed by atoms with E-state index in [-0.39, 0.29) is 5.91 Å². The fourth-order valence-corrected chi connectivity index (χ4v) is 2.36. The van der Waals surface area contributed by atoms with Crippen molar-refractivity contribution >= 4 is 21.8 Å². The highest BCUT2D eigenvalue weighted by atomic mass is 79.9. The van der Waals surface area contributed by atoms with Gasteiger partial charge in [0.05, 0.1) is 12.3 Å². The summed E-state index contributed by atoms with van der Waals surface area (Å²) in [5.41, 5.74) is 2.16. The summed E-state index contributed by atoms with van der Waals surface area (Å²) in [5.74, 6) is -0.166. The van der Waals surface area contributed by atoms with Crippen LogP contribution in [0.25, 0.3) is 11.3 Å². The van der Waals surface area contributed by atoms with E-state index >= 15 is 0 Å². The third kappa shape index (κ3) is 2.76. The van der Waals surface area contributed by atoms with Crippen LogP contribution in [0.15, 0.2) is 34.8 Å². The predicted molar refractivity (Wildman–Crippen MR) is 77.9 cm³/mol. The first-order valence-corrected chi connectivity index (χ1v) is 7.29. The highest BCUT2D eigenvalue weighted by molar-refractivity contribution is 9.10. The molecule has 1 amide bonds. The van der Waals surface area contributed by atoms with Crippen molar-refractivity contribution in [3.8, 4) is 11.3 Å². The van der Waals surface area contributed by atoms with Gasteiger partial charge in [0.15, 0.2) is 0 Å². The van der Waals surface area contributed by atoms with E-state index < -0.39 is 0 Å². The van der Waals surface area contributed by atoms with E-state index in [4.69, 9.17) is 4.84 Å². The second kappa shape index (κ2) is 5.76. The molecule has 0 unspecified atom stereocenters. The zero-order valence-electron chi connectivity index (χ0n) is 10.8. The average molecular weight is 336 g/mol. The van der Waals surface area contributed by atoms with Gasteiger partial charge in [-0.15, -0.1) is 0 Å². The minimum atomic E-state index is -0.166. The maximum absolute atomic E-state index is 12.2. The van der Waals surface area contributed by atoms with Gasteiger partial charge >= 0.3 is 0 Å². The lowest BCUT2D eigenvalue weighted by molar-refractivity contribution is -0.144. The quantitative estimate of drug-likeness (QED) is 0.917. The molecule has 0 spiro atoms. The first-order chi connectivity index (χ1) is 9.74. The van der Waals surface area contributed by atoms with E-state index in [2.05, 4.69) is 26.1 Å². The maximum atomic E-state index is 12.2. The van der Waals surface area contributed by atoms with Gasteiger partial charge in [-0.05, 0) is 31.0 Å². The molecular weight excluding hydrogens is 322 g/mol. The highest BCUT2D eigenvalue weighted by Gasteiger charge is 2.21. The number of carbonyl (C=O) groups excluding carboxylic acids is 1. The first-order valence-electron chi connectivity index (χ1n) is 6.50. The molecule has 0 radical (unpaired) electrons. The Kier molecular flexibility index (Phi) is 3.84. The minimum absolute atomic E-state index is 0.166. The topological polar surface area (TPSA) is 58.2 Å². The van der Waals surface area contributed by atoms with Crippen LogP contribution in [0.4, 0.5) is 0 Å². The molecule has 1 aliphatic rings. The zero-order chi connectivity index (χ0) is 13.9. The normalized spacial score (nSPS) is 15.3. The van der Waals surface area contributed by atoms with E-state index in [0.29, 0.717) is 18.8 Å². The van der Waals surface area contributed by atoms with Crippen molar-refractivity contribution in [2.75, 3.05) is 13.2 Å². The minimum Gasteiger partial charge on any atom is -0.272 e. The van der Waals surface area contributed by atoms with Crippen molar-refractivity contribution in [1.29, 1.82) is 0 Å². The molecule has 0 atom stereocenters. The second-order valence-electron chi connectivity index (χ2n) is 4.62. The van der Waals surface area contributed by atoms with Gasteiger partial charge in [-0.25, -0.2) is 5.06 Å². The van der Waals surface area contributed by atoms with Crippen LogP contribution in [0.5, 0.6) is 0 Å². The summed E-state index contributed by atoms with van der Waals surface area (Å²) in [5, 5.41) is 8.38. The number of halogens is 1. The number of H-pyrrole nitrogens is 1. The molecule has 104 valence electrons. The lowest BCUT2D eigenvalue weighted by atomic mass is 10.1. The average Bonchev–Trinajstić information content (AvgIpc) is 2.98. The fraction of sp³-hybridized carbons (Fsp3) is 0.286. The SMILES string of the molecule is O=C(c1cc(-c2ccc(Br)cc2)n[nH]1)N1CCCCO1. The molecule has 1 saturated heterocycles. The van der Waals surface area contributed by atoms with Crippen molar-refractivity contribution in [1.82, 2.24) is 15.3 Å². The first kappa shape index (κ1) is 13.3. The van der Waals surface area contributed by atoms with Crippen molar-refractivity contribution in [2.24, 2.45) is 0 Å². The van der Waals surface area contributed by atoms with Crippen LogP contribution in [-0.2, 0) is 4.84 Å². The van der Waals surface area contributed by atoms with E-state index in [9.17, 15) is 4.79 Å². The van der Waals surface area contributed by atoms with Crippen LogP contribution in [0.1, 0.15) is 23.3 Å². The Balaban J connectivity index is 1.79. The van der Waals surface area contributed by atoms with Gasteiger partial charge in [-0.3, -0.25) is 14.7 Å². The smallest absolute Gasteiger partial charge is 0.272 e. The van der Waals surface area contributed by atoms with Crippen LogP contribution >= 0.6 is 15.9 Å². The fourth-order valence-electron chi connectivity index (χ4n) is 2.09. The molecule has 3 rings (SSSR count). The number of aromatic amines is 1. The summed E-state index contributed by atoms with van der Waals surface area (Å²) >= 11 is 3.39. The maximum Gasteiger partial charge on any atom is 0.295 e. The molecule has 1 N–H and O–H groups in total. The second-order valence-corrected chi connectivity index (χ2v) is 5.54. The summed E-state index contributed by atoms with van der Waals surface area (Å²) < 4.78 is 1.01. The predicted octanol–water partition coefficient (Wildman–Crippen LogP) is 3.01. The van der Waals surface area contributed by atoms with Crippen molar-refractivity contribution < 1.29 is 9.63 Å². The largest absolute Gasteiger partial charge is 0.295 e. The number of hydrogen-bond acceptors (Lipinski definition) is 3. The lowest BCUT2D eigenvalue weighted by Gasteiger charge is -2.25. The van der Waals surface area contributed by atoms with Gasteiger partial charge < -0.3 is 0 Å². The Hall–Kier alpha value is -1.66. The number of hydroxylamine groups is 2. The molecular formula is C14H14BrN3O2. The summed E-state index contributed by atoms with van der Waals surface area (Å²) in [6.45, 7) is 1.23. The molecule has 1 aromatic heterocycles. The lowest BCUT2D eigenvalue weighted by Crippen LogP contribution is -2.35. The monoisotopic (exact) mass is 335 g/mol. The molecule has 0 saturated carbocycles. The molecule has 20 heavy (non-hydrogen) atoms. The number of amides is 1. The molecule has 1 fully saturated rings. The van der Waals surface area contributed by atoms with E-state index in [1.54, 1.807) is 6.07 Å². The summed E-state index contributed by atoms with van der Waals surface area (Å²) in [6, 6.07) is 9.54. The molecule has 2 heterocycles. The molecule has 5 nitrogen and oxygen atoms in total. The van der Waals surface area contributed by atoms with Crippen LogP contribution in [-0.4, -0.2) is 34.3 Å². The number of nitrogens with one attached hydrogen (secondary N) is 1. The summed E-state index contributed by atoms with van der Waals surface area (Å²) in [4.78, 5) is 17.6. The molecule has 1 aliphatic heterocycles. The summed E-state index contributed by atoms with van der Waals surface area (Å²) in [7, 11) is 0. The van der Waals surface area contributed by atoms with Gasteiger partial charge in [0.25, 0.3) is 5.91 Å². The standard InChI is InChI=1S/C14H14BrN3O2/c15-11-5-3-10(4-6-11)12-9-13(17-16-12)14(19)18-7-1-2-8-20-18/h3-6,9H,1-2,7-8H2,(H,16,17). The number of nitrogens with zero attached hydrogens (tertiary/aromatic N) is 2. The molecule has 1 aromatic carbocycles. The number of hydrogen-bond donors (Lipinski definition) is 1. The van der Waals surface area contributed by atoms with Crippen molar-refractivity contribution in [3.63, 3.8) is 0 Å². The van der Waals surface area contributed by atoms with Gasteiger partial charge in [-0.2, -0.15) is 5.10 Å². The number of carbonyl (C=O) groups is 1. The molecule has 0 aliphatic carbocycles. The number of benzene rings is 1. The van der Waals surface area contributed by atoms with Crippen molar-refractivity contribution in [2.45, 2.75) is 12.8 Å². The van der Waals surface area contributed by atoms with Gasteiger partial charge in [-0.1, -0.05) is 28.1 Å². The van der Waals surface area contributed by atoms with Crippen molar-refractivity contribution in [3.05, 3.63) is 40.5 Å². The van der Waals surface area contributed by atoms with Gasteiger partial charge in [0, 0.05) is 16.6 Å². The molecule has 2 aromatic rings. The Bertz CT molecular complexity index is 603. The Morgan fingerprint density at radius 3 is 2.80 bits per heavy atom. The van der Waals surface area contributed by atoms with Crippen LogP contribution in [0.3, 0.4) is 0 Å². The third-order valence-corrected chi connectivity index (χ3v) is 3.71. The molecule has 6 heteroatoms. The van der Waals surface area contributed by atoms with Gasteiger partial charge in [0.1, 0.15) is 5.69 Å². The van der Waals surface area contributed by atoms with E-state index in [0.717, 1.165) is 28.6 Å².